The number of ether oxygens (including phenoxy) is 2. The van der Waals surface area contributed by atoms with E-state index in [0.717, 1.165) is 48.3 Å². The number of fused-ring (bicyclic) bond motifs is 6. The summed E-state index contributed by atoms with van der Waals surface area (Å²) in [6.07, 6.45) is 8.24. The van der Waals surface area contributed by atoms with E-state index in [4.69, 9.17) is 18.0 Å². The van der Waals surface area contributed by atoms with Gasteiger partial charge in [-0.15, -0.1) is 42.2 Å². The molecule has 20 heteroatoms. The second kappa shape index (κ2) is 20.6. The first kappa shape index (κ1) is 56.9. The third-order valence-electron chi connectivity index (χ3n) is 20.8. The molecular formula is C61H70N2O14S4. The minimum Gasteiger partial charge on any atom is -0.381 e. The van der Waals surface area contributed by atoms with Crippen molar-refractivity contribution < 1.29 is 63.6 Å². The molecule has 16 nitrogen and oxygen atoms in total. The van der Waals surface area contributed by atoms with Crippen molar-refractivity contribution in [2.24, 2.45) is 56.7 Å². The Labute approximate surface area is 482 Å². The fourth-order valence-corrected chi connectivity index (χ4v) is 21.6. The molecular weight excluding hydrogens is 1110 g/mol. The summed E-state index contributed by atoms with van der Waals surface area (Å²) < 4.78 is 79.4. The van der Waals surface area contributed by atoms with Crippen LogP contribution in [0.4, 0.5) is 0 Å². The summed E-state index contributed by atoms with van der Waals surface area (Å²) in [5, 5.41) is 2.89. The van der Waals surface area contributed by atoms with Crippen LogP contribution in [0.5, 0.6) is 0 Å². The number of hydrogen-bond donors (Lipinski definition) is 0. The first-order valence-corrected chi connectivity index (χ1v) is 33.8. The van der Waals surface area contributed by atoms with E-state index in [-0.39, 0.29) is 63.4 Å². The number of amides is 4. The van der Waals surface area contributed by atoms with Crippen LogP contribution in [-0.4, -0.2) is 112 Å². The predicted molar refractivity (Wildman–Crippen MR) is 305 cm³/mol. The Morgan fingerprint density at radius 2 is 1.12 bits per heavy atom. The SMILES string of the molecule is CC(C)CCOCCSc1cc2c3c(cccc3c1)C(=O)N(OS(=O)(=O)CC13CCC(CC1=O)C3(C)CC13CCC(C1)C(COCCSc1cc4c5c(cccc5c1)C(=O)N(OS(=O)(=O)CC15CCC(CC1=O)C5(C)C)C4=O)C3)C2=O. The second-order valence-corrected chi connectivity index (χ2v) is 31.3. The third kappa shape index (κ3) is 9.55. The molecule has 8 atom stereocenters. The molecule has 0 radical (unpaired) electrons. The molecule has 6 saturated carbocycles. The van der Waals surface area contributed by atoms with Gasteiger partial charge in [-0.1, -0.05) is 58.9 Å². The standard InChI is InChI=1S/C61H70N2O14S4/c1-36(2)15-19-74-20-22-78-43-24-37-8-6-11-46-51(37)47(28-43)56(69)63(54(46)67)77-81(72,73)35-61-18-14-42(27-50(61)65)58(61,5)33-59-16-12-39(30-59)40(31-59)32-75-21-23-79-44-25-38-9-7-10-45-52(38)48(29-44)55(68)62(53(45)66)76-80(70,71)34-60-17-13-41(26-49(60)64)57(60,3)4/h6-11,24-25,28-29,36,39-42H,12-23,26-27,30-35H2,1-5H3. The number of rotatable bonds is 23. The van der Waals surface area contributed by atoms with Crippen LogP contribution in [0.2, 0.25) is 0 Å². The van der Waals surface area contributed by atoms with Gasteiger partial charge in [-0.2, -0.15) is 16.8 Å². The quantitative estimate of drug-likeness (QED) is 0.0383. The third-order valence-corrected chi connectivity index (χ3v) is 25.1. The number of carbonyl (C=O) groups excluding carboxylic acids is 6. The number of Topliss-reactive ketones (excluding diaryl/α,β-unsaturated/α-hetero) is 2. The van der Waals surface area contributed by atoms with Gasteiger partial charge in [-0.05, 0) is 157 Å². The first-order valence-electron chi connectivity index (χ1n) is 28.6. The van der Waals surface area contributed by atoms with Gasteiger partial charge in [0, 0.05) is 58.1 Å². The Balaban J connectivity index is 0.671. The summed E-state index contributed by atoms with van der Waals surface area (Å²) >= 11 is 2.97. The summed E-state index contributed by atoms with van der Waals surface area (Å²) in [6, 6.07) is 17.2. The Bertz CT molecular complexity index is 3580. The van der Waals surface area contributed by atoms with E-state index in [2.05, 4.69) is 20.8 Å². The number of nitrogens with zero attached hydrogens (tertiary/aromatic N) is 2. The fraction of sp³-hybridized carbons (Fsp3) is 0.574. The second-order valence-electron chi connectivity index (χ2n) is 25.9. The smallest absolute Gasteiger partial charge is 0.289 e. The van der Waals surface area contributed by atoms with E-state index in [1.807, 2.05) is 32.0 Å². The van der Waals surface area contributed by atoms with Crippen LogP contribution < -0.4 is 0 Å². The first-order chi connectivity index (χ1) is 38.4. The Hall–Kier alpha value is -4.54. The van der Waals surface area contributed by atoms with Gasteiger partial charge in [-0.3, -0.25) is 28.8 Å². The predicted octanol–water partition coefficient (Wildman–Crippen LogP) is 10.6. The molecule has 8 aliphatic rings. The highest BCUT2D eigenvalue weighted by Gasteiger charge is 2.70. The topological polar surface area (TPSA) is 214 Å². The fourth-order valence-electron chi connectivity index (χ4n) is 16.5. The number of carbonyl (C=O) groups is 6. The van der Waals surface area contributed by atoms with Gasteiger partial charge in [0.25, 0.3) is 43.9 Å². The van der Waals surface area contributed by atoms with Crippen LogP contribution in [-0.2, 0) is 47.9 Å². The van der Waals surface area contributed by atoms with Crippen molar-refractivity contribution in [1.82, 2.24) is 10.1 Å². The maximum Gasteiger partial charge on any atom is 0.289 e. The van der Waals surface area contributed by atoms with Crippen molar-refractivity contribution in [1.29, 1.82) is 0 Å². The molecule has 2 aliphatic heterocycles. The molecule has 0 spiro atoms. The maximum atomic E-state index is 14.4. The lowest BCUT2D eigenvalue weighted by molar-refractivity contribution is -0.129. The minimum absolute atomic E-state index is 0.00756. The Morgan fingerprint density at radius 1 is 0.605 bits per heavy atom. The molecule has 6 fully saturated rings. The lowest BCUT2D eigenvalue weighted by Gasteiger charge is -2.45. The summed E-state index contributed by atoms with van der Waals surface area (Å²) in [5.41, 5.74) is -3.11. The lowest BCUT2D eigenvalue weighted by Crippen LogP contribution is -2.48. The minimum atomic E-state index is -4.68. The summed E-state index contributed by atoms with van der Waals surface area (Å²) in [7, 11) is -9.24. The number of imide groups is 2. The normalized spacial score (nSPS) is 30.0. The molecule has 12 rings (SSSR count). The van der Waals surface area contributed by atoms with Crippen LogP contribution in [0.15, 0.2) is 70.5 Å². The van der Waals surface area contributed by atoms with E-state index >= 15 is 0 Å². The van der Waals surface area contributed by atoms with E-state index in [1.165, 1.54) is 29.6 Å². The number of ketones is 2. The van der Waals surface area contributed by atoms with E-state index in [9.17, 15) is 45.6 Å². The van der Waals surface area contributed by atoms with Crippen molar-refractivity contribution in [3.05, 3.63) is 82.9 Å². The van der Waals surface area contributed by atoms with E-state index in [1.54, 1.807) is 36.4 Å². The van der Waals surface area contributed by atoms with Gasteiger partial charge in [0.2, 0.25) is 0 Å². The van der Waals surface area contributed by atoms with E-state index in [0.29, 0.717) is 114 Å². The largest absolute Gasteiger partial charge is 0.381 e. The number of hydroxylamine groups is 4. The van der Waals surface area contributed by atoms with Crippen LogP contribution in [0.25, 0.3) is 21.5 Å². The molecule has 2 heterocycles. The van der Waals surface area contributed by atoms with Crippen LogP contribution in [0.1, 0.15) is 153 Å². The molecule has 0 saturated heterocycles. The highest BCUT2D eigenvalue weighted by Crippen LogP contribution is 2.72. The number of benzene rings is 4. The summed E-state index contributed by atoms with van der Waals surface area (Å²) in [6.45, 7) is 12.3. The van der Waals surface area contributed by atoms with Gasteiger partial charge < -0.3 is 9.47 Å². The van der Waals surface area contributed by atoms with Crippen molar-refractivity contribution in [3.63, 3.8) is 0 Å². The van der Waals surface area contributed by atoms with Gasteiger partial charge in [-0.25, -0.2) is 0 Å². The van der Waals surface area contributed by atoms with Gasteiger partial charge in [0.05, 0.1) is 57.8 Å². The van der Waals surface area contributed by atoms with Gasteiger partial charge >= 0.3 is 0 Å². The zero-order valence-electron chi connectivity index (χ0n) is 46.5. The molecule has 4 amide bonds. The molecule has 4 aromatic carbocycles. The molecule has 0 N–H and O–H groups in total. The highest BCUT2D eigenvalue weighted by molar-refractivity contribution is 7.99. The maximum absolute atomic E-state index is 14.4. The molecule has 0 aromatic heterocycles. The lowest BCUT2D eigenvalue weighted by atomic mass is 9.60. The van der Waals surface area contributed by atoms with Crippen molar-refractivity contribution in [3.8, 4) is 0 Å². The summed E-state index contributed by atoms with van der Waals surface area (Å²) in [4.78, 5) is 84.9. The Morgan fingerprint density at radius 3 is 1.67 bits per heavy atom. The molecule has 6 aliphatic carbocycles. The zero-order chi connectivity index (χ0) is 57.2. The summed E-state index contributed by atoms with van der Waals surface area (Å²) in [5.74, 6) is -2.55. The molecule has 81 heavy (non-hydrogen) atoms. The monoisotopic (exact) mass is 1180 g/mol. The molecule has 8 unspecified atom stereocenters. The number of hydrogen-bond acceptors (Lipinski definition) is 16. The molecule has 432 valence electrons. The molecule has 4 aromatic rings. The zero-order valence-corrected chi connectivity index (χ0v) is 49.8. The number of thioether (sulfide) groups is 2. The van der Waals surface area contributed by atoms with Crippen LogP contribution >= 0.6 is 23.5 Å². The van der Waals surface area contributed by atoms with Gasteiger partial charge in [0.1, 0.15) is 11.6 Å². The van der Waals surface area contributed by atoms with E-state index < -0.39 is 77.0 Å². The van der Waals surface area contributed by atoms with Gasteiger partial charge in [0.15, 0.2) is 0 Å². The average Bonchev–Trinajstić information content (AvgIpc) is 3.90. The van der Waals surface area contributed by atoms with Crippen molar-refractivity contribution >= 4 is 101 Å². The Kier molecular flexibility index (Phi) is 14.5. The molecule has 6 bridgehead atoms. The highest BCUT2D eigenvalue weighted by atomic mass is 32.2. The van der Waals surface area contributed by atoms with Crippen LogP contribution in [0.3, 0.4) is 0 Å². The van der Waals surface area contributed by atoms with Crippen molar-refractivity contribution in [2.75, 3.05) is 49.4 Å². The van der Waals surface area contributed by atoms with Crippen molar-refractivity contribution in [2.45, 2.75) is 121 Å². The average molecular weight is 1180 g/mol. The van der Waals surface area contributed by atoms with Crippen LogP contribution in [0, 0.1) is 56.7 Å².